The molecule has 0 spiro atoms. The zero-order valence-electron chi connectivity index (χ0n) is 15.0. The Morgan fingerprint density at radius 3 is 2.48 bits per heavy atom. The minimum atomic E-state index is -0.409. The number of para-hydroxylation sites is 1. The van der Waals surface area contributed by atoms with E-state index in [0.717, 1.165) is 36.2 Å². The topological polar surface area (TPSA) is 51.2 Å². The highest BCUT2D eigenvalue weighted by atomic mass is 16.5. The molecule has 1 heterocycles. The molecule has 0 saturated heterocycles. The Kier molecular flexibility index (Phi) is 5.34. The summed E-state index contributed by atoms with van der Waals surface area (Å²) >= 11 is 0. The predicted molar refractivity (Wildman–Crippen MR) is 97.8 cm³/mol. The van der Waals surface area contributed by atoms with Gasteiger partial charge in [-0.1, -0.05) is 18.2 Å². The van der Waals surface area contributed by atoms with Crippen molar-refractivity contribution in [3.8, 4) is 17.2 Å². The van der Waals surface area contributed by atoms with E-state index in [1.165, 1.54) is 0 Å². The first-order valence-corrected chi connectivity index (χ1v) is 8.49. The van der Waals surface area contributed by atoms with E-state index in [9.17, 15) is 5.11 Å². The summed E-state index contributed by atoms with van der Waals surface area (Å²) in [6.45, 7) is 1.55. The van der Waals surface area contributed by atoms with Crippen LogP contribution in [0, 0.1) is 0 Å². The van der Waals surface area contributed by atoms with Crippen molar-refractivity contribution in [2.45, 2.75) is 25.5 Å². The van der Waals surface area contributed by atoms with Gasteiger partial charge in [-0.25, -0.2) is 0 Å². The van der Waals surface area contributed by atoms with E-state index in [0.29, 0.717) is 23.8 Å². The SMILES string of the molecule is COc1ccc(CN2CCC[C@H](O)c3ccccc32)c(OC)c1OC. The highest BCUT2D eigenvalue weighted by Gasteiger charge is 2.23. The molecule has 0 aromatic heterocycles. The van der Waals surface area contributed by atoms with Gasteiger partial charge in [0.15, 0.2) is 11.5 Å². The molecule has 134 valence electrons. The molecule has 0 aliphatic carbocycles. The summed E-state index contributed by atoms with van der Waals surface area (Å²) in [7, 11) is 4.87. The van der Waals surface area contributed by atoms with Gasteiger partial charge in [-0.2, -0.15) is 0 Å². The van der Waals surface area contributed by atoms with Gasteiger partial charge in [0.2, 0.25) is 5.75 Å². The minimum Gasteiger partial charge on any atom is -0.493 e. The van der Waals surface area contributed by atoms with Crippen molar-refractivity contribution in [2.24, 2.45) is 0 Å². The molecule has 1 aliphatic rings. The van der Waals surface area contributed by atoms with Crippen LogP contribution in [-0.4, -0.2) is 33.0 Å². The Balaban J connectivity index is 1.98. The van der Waals surface area contributed by atoms with Crippen LogP contribution in [0.25, 0.3) is 0 Å². The van der Waals surface area contributed by atoms with Crippen molar-refractivity contribution in [2.75, 3.05) is 32.8 Å². The molecule has 0 fully saturated rings. The molecule has 1 aliphatic heterocycles. The van der Waals surface area contributed by atoms with Gasteiger partial charge in [-0.3, -0.25) is 0 Å². The van der Waals surface area contributed by atoms with E-state index in [1.807, 2.05) is 30.3 Å². The summed E-state index contributed by atoms with van der Waals surface area (Å²) in [5.74, 6) is 1.93. The van der Waals surface area contributed by atoms with E-state index in [4.69, 9.17) is 14.2 Å². The van der Waals surface area contributed by atoms with E-state index < -0.39 is 6.10 Å². The zero-order valence-corrected chi connectivity index (χ0v) is 15.0. The largest absolute Gasteiger partial charge is 0.493 e. The van der Waals surface area contributed by atoms with Crippen LogP contribution >= 0.6 is 0 Å². The van der Waals surface area contributed by atoms with Crippen LogP contribution < -0.4 is 19.1 Å². The lowest BCUT2D eigenvalue weighted by atomic mass is 10.0. The summed E-state index contributed by atoms with van der Waals surface area (Å²) in [5, 5.41) is 10.4. The number of nitrogens with zero attached hydrogens (tertiary/aromatic N) is 1. The van der Waals surface area contributed by atoms with Crippen molar-refractivity contribution in [3.63, 3.8) is 0 Å². The first-order chi connectivity index (χ1) is 12.2. The second kappa shape index (κ2) is 7.66. The second-order valence-electron chi connectivity index (χ2n) is 6.13. The molecule has 2 aromatic rings. The fraction of sp³-hybridized carbons (Fsp3) is 0.400. The normalized spacial score (nSPS) is 16.8. The summed E-state index contributed by atoms with van der Waals surface area (Å²) in [4.78, 5) is 2.29. The lowest BCUT2D eigenvalue weighted by Crippen LogP contribution is -2.24. The second-order valence-corrected chi connectivity index (χ2v) is 6.13. The number of methoxy groups -OCH3 is 3. The number of benzene rings is 2. The fourth-order valence-corrected chi connectivity index (χ4v) is 3.47. The maximum Gasteiger partial charge on any atom is 0.203 e. The highest BCUT2D eigenvalue weighted by Crippen LogP contribution is 2.41. The van der Waals surface area contributed by atoms with E-state index >= 15 is 0 Å². The molecule has 25 heavy (non-hydrogen) atoms. The number of fused-ring (bicyclic) bond motifs is 1. The molecule has 0 amide bonds. The summed E-state index contributed by atoms with van der Waals surface area (Å²) in [5.41, 5.74) is 3.08. The summed E-state index contributed by atoms with van der Waals surface area (Å²) in [6, 6.07) is 12.0. The highest BCUT2D eigenvalue weighted by molar-refractivity contribution is 5.59. The van der Waals surface area contributed by atoms with Crippen LogP contribution in [-0.2, 0) is 6.54 Å². The van der Waals surface area contributed by atoms with Crippen molar-refractivity contribution in [1.29, 1.82) is 0 Å². The molecule has 1 N–H and O–H groups in total. The standard InChI is InChI=1S/C20H25NO4/c1-23-18-11-10-14(19(24-2)20(18)25-3)13-21-12-6-9-17(22)15-7-4-5-8-16(15)21/h4-5,7-8,10-11,17,22H,6,9,12-13H2,1-3H3/t17-/m0/s1. The molecule has 1 atom stereocenters. The van der Waals surface area contributed by atoms with Crippen LogP contribution in [0.3, 0.4) is 0 Å². The third-order valence-electron chi connectivity index (χ3n) is 4.69. The van der Waals surface area contributed by atoms with Crippen molar-refractivity contribution in [1.82, 2.24) is 0 Å². The van der Waals surface area contributed by atoms with Crippen LogP contribution in [0.1, 0.15) is 30.1 Å². The van der Waals surface area contributed by atoms with Gasteiger partial charge in [-0.05, 0) is 31.0 Å². The maximum atomic E-state index is 10.4. The van der Waals surface area contributed by atoms with E-state index in [2.05, 4.69) is 11.0 Å². The Morgan fingerprint density at radius 1 is 1.00 bits per heavy atom. The Bertz CT molecular complexity index is 732. The molecule has 5 nitrogen and oxygen atoms in total. The fourth-order valence-electron chi connectivity index (χ4n) is 3.47. The molecule has 0 saturated carbocycles. The van der Waals surface area contributed by atoms with Gasteiger partial charge in [0.25, 0.3) is 0 Å². The Labute approximate surface area is 148 Å². The quantitative estimate of drug-likeness (QED) is 0.900. The van der Waals surface area contributed by atoms with Gasteiger partial charge < -0.3 is 24.2 Å². The average Bonchev–Trinajstić information content (AvgIpc) is 2.81. The monoisotopic (exact) mass is 343 g/mol. The molecule has 5 heteroatoms. The Morgan fingerprint density at radius 2 is 1.76 bits per heavy atom. The van der Waals surface area contributed by atoms with Crippen LogP contribution in [0.15, 0.2) is 36.4 Å². The minimum absolute atomic E-state index is 0.409. The van der Waals surface area contributed by atoms with Crippen molar-refractivity contribution < 1.29 is 19.3 Å². The van der Waals surface area contributed by atoms with Crippen LogP contribution in [0.5, 0.6) is 17.2 Å². The van der Waals surface area contributed by atoms with Gasteiger partial charge >= 0.3 is 0 Å². The molecular formula is C20H25NO4. The van der Waals surface area contributed by atoms with Crippen molar-refractivity contribution in [3.05, 3.63) is 47.5 Å². The zero-order chi connectivity index (χ0) is 17.8. The molecule has 0 radical (unpaired) electrons. The molecule has 0 unspecified atom stereocenters. The number of aliphatic hydroxyl groups is 1. The van der Waals surface area contributed by atoms with Gasteiger partial charge in [-0.15, -0.1) is 0 Å². The number of rotatable bonds is 5. The number of hydrogen-bond donors (Lipinski definition) is 1. The molecule has 0 bridgehead atoms. The van der Waals surface area contributed by atoms with Gasteiger partial charge in [0.1, 0.15) is 0 Å². The number of aliphatic hydroxyl groups excluding tert-OH is 1. The van der Waals surface area contributed by atoms with Crippen molar-refractivity contribution >= 4 is 5.69 Å². The average molecular weight is 343 g/mol. The van der Waals surface area contributed by atoms with Gasteiger partial charge in [0.05, 0.1) is 27.4 Å². The van der Waals surface area contributed by atoms with Crippen LogP contribution in [0.4, 0.5) is 5.69 Å². The Hall–Kier alpha value is -2.40. The number of anilines is 1. The molecule has 2 aromatic carbocycles. The third-order valence-corrected chi connectivity index (χ3v) is 4.69. The summed E-state index contributed by atoms with van der Waals surface area (Å²) in [6.07, 6.45) is 1.30. The third kappa shape index (κ3) is 3.37. The first kappa shape index (κ1) is 17.4. The summed E-state index contributed by atoms with van der Waals surface area (Å²) < 4.78 is 16.5. The first-order valence-electron chi connectivity index (χ1n) is 8.49. The number of hydrogen-bond acceptors (Lipinski definition) is 5. The molecular weight excluding hydrogens is 318 g/mol. The van der Waals surface area contributed by atoms with Crippen LogP contribution in [0.2, 0.25) is 0 Å². The van der Waals surface area contributed by atoms with E-state index in [-0.39, 0.29) is 0 Å². The smallest absolute Gasteiger partial charge is 0.203 e. The predicted octanol–water partition coefficient (Wildman–Crippen LogP) is 3.55. The number of ether oxygens (including phenoxy) is 3. The molecule has 3 rings (SSSR count). The van der Waals surface area contributed by atoms with Gasteiger partial charge in [0, 0.05) is 29.9 Å². The van der Waals surface area contributed by atoms with E-state index in [1.54, 1.807) is 21.3 Å². The maximum absolute atomic E-state index is 10.4. The lowest BCUT2D eigenvalue weighted by molar-refractivity contribution is 0.168. The lowest BCUT2D eigenvalue weighted by Gasteiger charge is -2.26.